The van der Waals surface area contributed by atoms with Crippen LogP contribution in [0.1, 0.15) is 11.7 Å². The van der Waals surface area contributed by atoms with Crippen LogP contribution in [-0.4, -0.2) is 46.2 Å². The molecule has 18 heavy (non-hydrogen) atoms. The van der Waals surface area contributed by atoms with Crippen molar-refractivity contribution in [2.75, 3.05) is 27.9 Å². The zero-order valence-electron chi connectivity index (χ0n) is 11.0. The summed E-state index contributed by atoms with van der Waals surface area (Å²) in [5, 5.41) is 0. The number of rotatable bonds is 5. The predicted molar refractivity (Wildman–Crippen MR) is 67.5 cm³/mol. The van der Waals surface area contributed by atoms with E-state index in [4.69, 9.17) is 18.9 Å². The van der Waals surface area contributed by atoms with Crippen LogP contribution in [0.4, 0.5) is 0 Å². The van der Waals surface area contributed by atoms with Crippen molar-refractivity contribution >= 4 is 0 Å². The zero-order valence-corrected chi connectivity index (χ0v) is 11.0. The third kappa shape index (κ3) is 2.57. The molecule has 4 nitrogen and oxygen atoms in total. The van der Waals surface area contributed by atoms with Gasteiger partial charge in [0.25, 0.3) is 0 Å². The first-order chi connectivity index (χ1) is 8.81. The summed E-state index contributed by atoms with van der Waals surface area (Å²) in [4.78, 5) is 0. The van der Waals surface area contributed by atoms with E-state index in [1.165, 1.54) is 0 Å². The normalized spacial score (nSPS) is 31.7. The monoisotopic (exact) mass is 252 g/mol. The second-order valence-electron chi connectivity index (χ2n) is 4.36. The SMILES string of the molecule is COC[C@H]1O[C@@H](c2ccccc2)[C@H](OC)[C@@H]1OC. The summed E-state index contributed by atoms with van der Waals surface area (Å²) in [5.41, 5.74) is 1.10. The third-order valence-electron chi connectivity index (χ3n) is 3.31. The molecule has 1 aromatic carbocycles. The Balaban J connectivity index is 2.20. The molecule has 1 saturated heterocycles. The quantitative estimate of drug-likeness (QED) is 0.801. The van der Waals surface area contributed by atoms with Gasteiger partial charge in [-0.25, -0.2) is 0 Å². The Morgan fingerprint density at radius 2 is 1.67 bits per heavy atom. The summed E-state index contributed by atoms with van der Waals surface area (Å²) >= 11 is 0. The van der Waals surface area contributed by atoms with E-state index in [1.54, 1.807) is 21.3 Å². The number of hydrogen-bond donors (Lipinski definition) is 0. The van der Waals surface area contributed by atoms with E-state index in [1.807, 2.05) is 30.3 Å². The minimum absolute atomic E-state index is 0.102. The first-order valence-corrected chi connectivity index (χ1v) is 6.06. The van der Waals surface area contributed by atoms with E-state index in [0.29, 0.717) is 6.61 Å². The van der Waals surface area contributed by atoms with E-state index in [2.05, 4.69) is 0 Å². The van der Waals surface area contributed by atoms with E-state index in [0.717, 1.165) is 5.56 Å². The van der Waals surface area contributed by atoms with Gasteiger partial charge >= 0.3 is 0 Å². The van der Waals surface area contributed by atoms with Crippen molar-refractivity contribution in [2.45, 2.75) is 24.4 Å². The maximum atomic E-state index is 6.02. The molecule has 0 aromatic heterocycles. The van der Waals surface area contributed by atoms with E-state index in [9.17, 15) is 0 Å². The number of hydrogen-bond acceptors (Lipinski definition) is 4. The average Bonchev–Trinajstić information content (AvgIpc) is 2.77. The third-order valence-corrected chi connectivity index (χ3v) is 3.31. The van der Waals surface area contributed by atoms with Crippen LogP contribution in [0.5, 0.6) is 0 Å². The highest BCUT2D eigenvalue weighted by molar-refractivity contribution is 5.21. The van der Waals surface area contributed by atoms with Gasteiger partial charge < -0.3 is 18.9 Å². The molecule has 0 aliphatic carbocycles. The van der Waals surface area contributed by atoms with Crippen LogP contribution >= 0.6 is 0 Å². The smallest absolute Gasteiger partial charge is 0.116 e. The molecule has 0 amide bonds. The van der Waals surface area contributed by atoms with Gasteiger partial charge in [-0.3, -0.25) is 0 Å². The summed E-state index contributed by atoms with van der Waals surface area (Å²) in [7, 11) is 5.02. The molecule has 1 aliphatic heterocycles. The highest BCUT2D eigenvalue weighted by Crippen LogP contribution is 2.36. The Hall–Kier alpha value is -0.940. The second kappa shape index (κ2) is 6.29. The molecular weight excluding hydrogens is 232 g/mol. The lowest BCUT2D eigenvalue weighted by molar-refractivity contribution is -0.0478. The topological polar surface area (TPSA) is 36.9 Å². The molecule has 0 bridgehead atoms. The fourth-order valence-corrected chi connectivity index (χ4v) is 2.48. The van der Waals surface area contributed by atoms with Gasteiger partial charge in [-0.1, -0.05) is 30.3 Å². The van der Waals surface area contributed by atoms with Crippen LogP contribution in [0.3, 0.4) is 0 Å². The summed E-state index contributed by atoms with van der Waals surface area (Å²) in [5.74, 6) is 0. The van der Waals surface area contributed by atoms with Gasteiger partial charge in [-0.15, -0.1) is 0 Å². The van der Waals surface area contributed by atoms with Crippen molar-refractivity contribution in [3.63, 3.8) is 0 Å². The maximum Gasteiger partial charge on any atom is 0.116 e. The lowest BCUT2D eigenvalue weighted by atomic mass is 10.0. The Bertz CT molecular complexity index is 354. The van der Waals surface area contributed by atoms with Crippen molar-refractivity contribution in [1.82, 2.24) is 0 Å². The zero-order chi connectivity index (χ0) is 13.0. The van der Waals surface area contributed by atoms with Gasteiger partial charge in [0, 0.05) is 21.3 Å². The maximum absolute atomic E-state index is 6.02. The molecule has 0 radical (unpaired) electrons. The molecule has 0 unspecified atom stereocenters. The van der Waals surface area contributed by atoms with E-state index < -0.39 is 0 Å². The molecule has 0 saturated carbocycles. The Labute approximate surface area is 108 Å². The molecule has 1 heterocycles. The van der Waals surface area contributed by atoms with Gasteiger partial charge in [0.15, 0.2) is 0 Å². The molecule has 1 aromatic rings. The Kier molecular flexibility index (Phi) is 4.72. The lowest BCUT2D eigenvalue weighted by Gasteiger charge is -2.21. The van der Waals surface area contributed by atoms with Gasteiger partial charge in [-0.05, 0) is 5.56 Å². The fourth-order valence-electron chi connectivity index (χ4n) is 2.48. The highest BCUT2D eigenvalue weighted by atomic mass is 16.6. The summed E-state index contributed by atoms with van der Waals surface area (Å²) in [6.07, 6.45) is -0.436. The number of methoxy groups -OCH3 is 3. The van der Waals surface area contributed by atoms with Gasteiger partial charge in [0.1, 0.15) is 24.4 Å². The number of ether oxygens (including phenoxy) is 4. The van der Waals surface area contributed by atoms with Crippen molar-refractivity contribution in [3.8, 4) is 0 Å². The molecule has 100 valence electrons. The average molecular weight is 252 g/mol. The lowest BCUT2D eigenvalue weighted by Crippen LogP contribution is -2.36. The standard InChI is InChI=1S/C14H20O4/c1-15-9-11-13(16-2)14(17-3)12(18-11)10-7-5-4-6-8-10/h4-8,11-14H,9H2,1-3H3/t11-,12+,13-,14+/m1/s1. The summed E-state index contributed by atoms with van der Waals surface area (Å²) in [6, 6.07) is 10.1. The molecule has 2 rings (SSSR count). The first kappa shape index (κ1) is 13.5. The van der Waals surface area contributed by atoms with Crippen LogP contribution in [0.25, 0.3) is 0 Å². The minimum atomic E-state index is -0.113. The van der Waals surface area contributed by atoms with Gasteiger partial charge in [0.05, 0.1) is 6.61 Å². The second-order valence-corrected chi connectivity index (χ2v) is 4.36. The van der Waals surface area contributed by atoms with Gasteiger partial charge in [-0.2, -0.15) is 0 Å². The van der Waals surface area contributed by atoms with Crippen molar-refractivity contribution < 1.29 is 18.9 Å². The first-order valence-electron chi connectivity index (χ1n) is 6.06. The van der Waals surface area contributed by atoms with Crippen molar-refractivity contribution in [2.24, 2.45) is 0 Å². The van der Waals surface area contributed by atoms with Crippen LogP contribution in [0.2, 0.25) is 0 Å². The van der Waals surface area contributed by atoms with Crippen LogP contribution in [0, 0.1) is 0 Å². The number of benzene rings is 1. The fraction of sp³-hybridized carbons (Fsp3) is 0.571. The van der Waals surface area contributed by atoms with Crippen LogP contribution in [0.15, 0.2) is 30.3 Å². The Morgan fingerprint density at radius 3 is 2.22 bits per heavy atom. The largest absolute Gasteiger partial charge is 0.382 e. The summed E-state index contributed by atoms with van der Waals surface area (Å²) < 4.78 is 22.2. The highest BCUT2D eigenvalue weighted by Gasteiger charge is 2.45. The molecule has 1 fully saturated rings. The van der Waals surface area contributed by atoms with Gasteiger partial charge in [0.2, 0.25) is 0 Å². The van der Waals surface area contributed by atoms with Crippen LogP contribution < -0.4 is 0 Å². The van der Waals surface area contributed by atoms with Crippen molar-refractivity contribution in [1.29, 1.82) is 0 Å². The van der Waals surface area contributed by atoms with Crippen molar-refractivity contribution in [3.05, 3.63) is 35.9 Å². The minimum Gasteiger partial charge on any atom is -0.382 e. The molecule has 4 heteroatoms. The van der Waals surface area contributed by atoms with E-state index >= 15 is 0 Å². The molecular formula is C14H20O4. The predicted octanol–water partition coefficient (Wildman–Crippen LogP) is 1.80. The van der Waals surface area contributed by atoms with E-state index in [-0.39, 0.29) is 24.4 Å². The molecule has 0 N–H and O–H groups in total. The Morgan fingerprint density at radius 1 is 1.00 bits per heavy atom. The molecule has 0 spiro atoms. The molecule has 1 aliphatic rings. The summed E-state index contributed by atoms with van der Waals surface area (Å²) in [6.45, 7) is 0.502. The van der Waals surface area contributed by atoms with Crippen LogP contribution in [-0.2, 0) is 18.9 Å². The molecule has 4 atom stereocenters.